The molecule has 5 heteroatoms. The number of benzene rings is 1. The lowest BCUT2D eigenvalue weighted by molar-refractivity contribution is 0.299. The van der Waals surface area contributed by atoms with Crippen molar-refractivity contribution in [3.63, 3.8) is 0 Å². The Balaban J connectivity index is 3.13. The molecule has 14 heavy (non-hydrogen) atoms. The van der Waals surface area contributed by atoms with E-state index in [0.717, 1.165) is 11.8 Å². The molecule has 0 amide bonds. The lowest BCUT2D eigenvalue weighted by Gasteiger charge is -2.04. The maximum Gasteiger partial charge on any atom is 0.175 e. The van der Waals surface area contributed by atoms with E-state index in [1.54, 1.807) is 6.07 Å². The van der Waals surface area contributed by atoms with Gasteiger partial charge >= 0.3 is 0 Å². The summed E-state index contributed by atoms with van der Waals surface area (Å²) in [5.74, 6) is 0. The summed E-state index contributed by atoms with van der Waals surface area (Å²) in [7, 11) is -3.20. The summed E-state index contributed by atoms with van der Waals surface area (Å²) in [6.07, 6.45) is 1.56. The Hall–Kier alpha value is -0.580. The summed E-state index contributed by atoms with van der Waals surface area (Å²) >= 11 is 5.84. The van der Waals surface area contributed by atoms with Gasteiger partial charge in [0.1, 0.15) is 0 Å². The molecule has 0 heterocycles. The van der Waals surface area contributed by atoms with Crippen LogP contribution in [0.2, 0.25) is 5.02 Å². The average molecular weight is 235 g/mol. The quantitative estimate of drug-likeness (QED) is 0.857. The summed E-state index contributed by atoms with van der Waals surface area (Å²) in [6.45, 7) is -0.00204. The number of aliphatic hydroxyl groups is 1. The molecular formula is C9H11ClO3S. The number of sulfone groups is 1. The molecule has 0 fully saturated rings. The highest BCUT2D eigenvalue weighted by Gasteiger charge is 2.09. The van der Waals surface area contributed by atoms with Crippen LogP contribution in [-0.2, 0) is 16.3 Å². The molecule has 0 atom stereocenters. The SMILES string of the molecule is CS(=O)(=O)c1ccc(CCO)c(Cl)c1. The van der Waals surface area contributed by atoms with Crippen molar-refractivity contribution in [3.05, 3.63) is 28.8 Å². The van der Waals surface area contributed by atoms with Crippen LogP contribution in [0.15, 0.2) is 23.1 Å². The third-order valence-electron chi connectivity index (χ3n) is 1.83. The highest BCUT2D eigenvalue weighted by molar-refractivity contribution is 7.90. The van der Waals surface area contributed by atoms with Crippen molar-refractivity contribution < 1.29 is 13.5 Å². The third kappa shape index (κ3) is 2.70. The van der Waals surface area contributed by atoms with Crippen molar-refractivity contribution in [3.8, 4) is 0 Å². The molecule has 1 rings (SSSR count). The molecule has 78 valence electrons. The van der Waals surface area contributed by atoms with Gasteiger partial charge in [0.25, 0.3) is 0 Å². The van der Waals surface area contributed by atoms with Gasteiger partial charge in [0, 0.05) is 17.9 Å². The molecule has 0 aromatic heterocycles. The molecule has 1 aromatic rings. The second-order valence-corrected chi connectivity index (χ2v) is 5.42. The van der Waals surface area contributed by atoms with Crippen molar-refractivity contribution in [2.24, 2.45) is 0 Å². The average Bonchev–Trinajstić information content (AvgIpc) is 2.07. The summed E-state index contributed by atoms with van der Waals surface area (Å²) in [4.78, 5) is 0.198. The van der Waals surface area contributed by atoms with Crippen LogP contribution in [0.25, 0.3) is 0 Å². The van der Waals surface area contributed by atoms with E-state index < -0.39 is 9.84 Å². The van der Waals surface area contributed by atoms with Crippen molar-refractivity contribution >= 4 is 21.4 Å². The highest BCUT2D eigenvalue weighted by Crippen LogP contribution is 2.20. The largest absolute Gasteiger partial charge is 0.396 e. The predicted octanol–water partition coefficient (Wildman–Crippen LogP) is 1.28. The van der Waals surface area contributed by atoms with Gasteiger partial charge in [-0.25, -0.2) is 8.42 Å². The normalized spacial score (nSPS) is 11.6. The fourth-order valence-electron chi connectivity index (χ4n) is 1.08. The van der Waals surface area contributed by atoms with Crippen LogP contribution in [0.3, 0.4) is 0 Å². The second kappa shape index (κ2) is 4.29. The van der Waals surface area contributed by atoms with Gasteiger partial charge in [-0.3, -0.25) is 0 Å². The molecule has 0 spiro atoms. The van der Waals surface area contributed by atoms with Gasteiger partial charge < -0.3 is 5.11 Å². The van der Waals surface area contributed by atoms with Crippen molar-refractivity contribution in [2.75, 3.05) is 12.9 Å². The van der Waals surface area contributed by atoms with Gasteiger partial charge in [-0.2, -0.15) is 0 Å². The minimum atomic E-state index is -3.20. The monoisotopic (exact) mass is 234 g/mol. The van der Waals surface area contributed by atoms with Crippen LogP contribution in [0, 0.1) is 0 Å². The van der Waals surface area contributed by atoms with Gasteiger partial charge in [-0.05, 0) is 24.1 Å². The minimum Gasteiger partial charge on any atom is -0.396 e. The fraction of sp³-hybridized carbons (Fsp3) is 0.333. The maximum atomic E-state index is 11.1. The first-order valence-electron chi connectivity index (χ1n) is 4.04. The first kappa shape index (κ1) is 11.5. The molecule has 0 aliphatic heterocycles. The van der Waals surface area contributed by atoms with Gasteiger partial charge in [-0.15, -0.1) is 0 Å². The smallest absolute Gasteiger partial charge is 0.175 e. The zero-order valence-corrected chi connectivity index (χ0v) is 9.27. The van der Waals surface area contributed by atoms with Crippen LogP contribution in [0.1, 0.15) is 5.56 Å². The number of rotatable bonds is 3. The Kier molecular flexibility index (Phi) is 3.53. The molecule has 0 saturated carbocycles. The summed E-state index contributed by atoms with van der Waals surface area (Å²) < 4.78 is 22.3. The highest BCUT2D eigenvalue weighted by atomic mass is 35.5. The Morgan fingerprint density at radius 2 is 2.07 bits per heavy atom. The van der Waals surface area contributed by atoms with Crippen LogP contribution >= 0.6 is 11.6 Å². The van der Waals surface area contributed by atoms with Gasteiger partial charge in [0.15, 0.2) is 9.84 Å². The summed E-state index contributed by atoms with van der Waals surface area (Å²) in [6, 6.07) is 4.52. The van der Waals surface area contributed by atoms with Gasteiger partial charge in [-0.1, -0.05) is 17.7 Å². The Bertz CT molecular complexity index is 426. The van der Waals surface area contributed by atoms with Gasteiger partial charge in [0.05, 0.1) is 4.90 Å². The van der Waals surface area contributed by atoms with E-state index in [4.69, 9.17) is 16.7 Å². The molecule has 0 saturated heterocycles. The minimum absolute atomic E-state index is 0.00204. The molecular weight excluding hydrogens is 224 g/mol. The van der Waals surface area contributed by atoms with E-state index in [2.05, 4.69) is 0 Å². The van der Waals surface area contributed by atoms with Gasteiger partial charge in [0.2, 0.25) is 0 Å². The molecule has 0 bridgehead atoms. The first-order valence-corrected chi connectivity index (χ1v) is 6.31. The summed E-state index contributed by atoms with van der Waals surface area (Å²) in [5.41, 5.74) is 0.751. The molecule has 1 aromatic carbocycles. The lowest BCUT2D eigenvalue weighted by atomic mass is 10.2. The van der Waals surface area contributed by atoms with Crippen LogP contribution in [-0.4, -0.2) is 26.4 Å². The molecule has 3 nitrogen and oxygen atoms in total. The van der Waals surface area contributed by atoms with Crippen molar-refractivity contribution in [1.82, 2.24) is 0 Å². The Labute approximate surface area is 88.2 Å². The molecule has 0 aliphatic carbocycles. The zero-order chi connectivity index (χ0) is 10.8. The number of hydrogen-bond donors (Lipinski definition) is 1. The standard InChI is InChI=1S/C9H11ClO3S/c1-14(12,13)8-3-2-7(4-5-11)9(10)6-8/h2-3,6,11H,4-5H2,1H3. The molecule has 1 N–H and O–H groups in total. The molecule has 0 aliphatic rings. The Morgan fingerprint density at radius 1 is 1.43 bits per heavy atom. The number of halogens is 1. The van der Waals surface area contributed by atoms with Crippen LogP contribution in [0.4, 0.5) is 0 Å². The topological polar surface area (TPSA) is 54.4 Å². The fourth-order valence-corrected chi connectivity index (χ4v) is 2.07. The van der Waals surface area contributed by atoms with E-state index in [1.807, 2.05) is 0 Å². The van der Waals surface area contributed by atoms with Crippen LogP contribution < -0.4 is 0 Å². The molecule has 0 radical (unpaired) electrons. The predicted molar refractivity (Wildman–Crippen MR) is 55.4 cm³/mol. The van der Waals surface area contributed by atoms with E-state index in [1.165, 1.54) is 12.1 Å². The summed E-state index contributed by atoms with van der Waals surface area (Å²) in [5, 5.41) is 9.07. The van der Waals surface area contributed by atoms with Crippen LogP contribution in [0.5, 0.6) is 0 Å². The second-order valence-electron chi connectivity index (χ2n) is 3.00. The Morgan fingerprint density at radius 3 is 2.50 bits per heavy atom. The third-order valence-corrected chi connectivity index (χ3v) is 3.30. The zero-order valence-electron chi connectivity index (χ0n) is 7.70. The van der Waals surface area contributed by atoms with E-state index in [9.17, 15) is 8.42 Å². The number of hydrogen-bond acceptors (Lipinski definition) is 3. The molecule has 0 unspecified atom stereocenters. The van der Waals surface area contributed by atoms with E-state index in [-0.39, 0.29) is 11.5 Å². The number of aliphatic hydroxyl groups excluding tert-OH is 1. The maximum absolute atomic E-state index is 11.1. The van der Waals surface area contributed by atoms with Crippen molar-refractivity contribution in [2.45, 2.75) is 11.3 Å². The van der Waals surface area contributed by atoms with Crippen molar-refractivity contribution in [1.29, 1.82) is 0 Å². The van der Waals surface area contributed by atoms with E-state index >= 15 is 0 Å². The first-order chi connectivity index (χ1) is 6.45. The lowest BCUT2D eigenvalue weighted by Crippen LogP contribution is -1.99. The van der Waals surface area contributed by atoms with E-state index in [0.29, 0.717) is 11.4 Å².